The van der Waals surface area contributed by atoms with E-state index in [0.717, 1.165) is 23.0 Å². The fourth-order valence-electron chi connectivity index (χ4n) is 3.63. The minimum Gasteiger partial charge on any atom is -0.399 e. The number of rotatable bonds is 3. The lowest BCUT2D eigenvalue weighted by atomic mass is 9.77. The summed E-state index contributed by atoms with van der Waals surface area (Å²) in [6.45, 7) is 4.69. The van der Waals surface area contributed by atoms with E-state index in [-0.39, 0.29) is 0 Å². The van der Waals surface area contributed by atoms with Gasteiger partial charge in [-0.25, -0.2) is 0 Å². The van der Waals surface area contributed by atoms with E-state index in [0.29, 0.717) is 6.04 Å². The van der Waals surface area contributed by atoms with Gasteiger partial charge in [0.15, 0.2) is 0 Å². The van der Waals surface area contributed by atoms with Gasteiger partial charge in [0.25, 0.3) is 0 Å². The first-order valence-electron chi connectivity index (χ1n) is 8.06. The van der Waals surface area contributed by atoms with E-state index in [9.17, 15) is 0 Å². The second-order valence-corrected chi connectivity index (χ2v) is 6.58. The molecule has 1 aliphatic rings. The van der Waals surface area contributed by atoms with E-state index in [1.807, 2.05) is 18.3 Å². The Kier molecular flexibility index (Phi) is 4.00. The molecule has 1 heterocycles. The molecule has 3 nitrogen and oxygen atoms in total. The Morgan fingerprint density at radius 2 is 2.00 bits per heavy atom. The molecule has 0 saturated heterocycles. The minimum absolute atomic E-state index is 0.571. The van der Waals surface area contributed by atoms with E-state index in [2.05, 4.69) is 36.3 Å². The Bertz CT molecular complexity index is 621. The number of pyridine rings is 1. The van der Waals surface area contributed by atoms with Gasteiger partial charge in [-0.3, -0.25) is 4.98 Å². The molecule has 1 fully saturated rings. The van der Waals surface area contributed by atoms with Crippen LogP contribution in [0.15, 0.2) is 30.5 Å². The summed E-state index contributed by atoms with van der Waals surface area (Å²) in [5.41, 5.74) is 8.79. The summed E-state index contributed by atoms with van der Waals surface area (Å²) in [5, 5.41) is 4.96. The molecule has 3 N–H and O–H groups in total. The fraction of sp³-hybridized carbons (Fsp3) is 0.500. The summed E-state index contributed by atoms with van der Waals surface area (Å²) in [4.78, 5) is 4.43. The average molecular weight is 283 g/mol. The van der Waals surface area contributed by atoms with Crippen molar-refractivity contribution in [2.75, 3.05) is 11.1 Å². The predicted octanol–water partition coefficient (Wildman–Crippen LogP) is 4.44. The van der Waals surface area contributed by atoms with Crippen LogP contribution in [-0.2, 0) is 0 Å². The zero-order chi connectivity index (χ0) is 14.8. The second kappa shape index (κ2) is 5.92. The third kappa shape index (κ3) is 2.97. The number of nitrogen functional groups attached to an aromatic ring is 1. The van der Waals surface area contributed by atoms with Crippen LogP contribution in [0.4, 0.5) is 11.4 Å². The summed E-state index contributed by atoms with van der Waals surface area (Å²) in [6, 6.07) is 8.64. The molecule has 112 valence electrons. The molecule has 3 heteroatoms. The first-order chi connectivity index (χ1) is 10.1. The molecule has 0 spiro atoms. The minimum atomic E-state index is 0.571. The van der Waals surface area contributed by atoms with Crippen molar-refractivity contribution < 1.29 is 0 Å². The molecule has 21 heavy (non-hydrogen) atoms. The van der Waals surface area contributed by atoms with Gasteiger partial charge in [0.1, 0.15) is 0 Å². The maximum Gasteiger partial charge on any atom is 0.0743 e. The second-order valence-electron chi connectivity index (χ2n) is 6.58. The van der Waals surface area contributed by atoms with E-state index in [4.69, 9.17) is 5.73 Å². The monoisotopic (exact) mass is 283 g/mol. The summed E-state index contributed by atoms with van der Waals surface area (Å²) in [6.07, 6.45) is 7.18. The number of hydrogen-bond acceptors (Lipinski definition) is 3. The maximum absolute atomic E-state index is 5.86. The smallest absolute Gasteiger partial charge is 0.0743 e. The van der Waals surface area contributed by atoms with Gasteiger partial charge in [-0.1, -0.05) is 26.7 Å². The highest BCUT2D eigenvalue weighted by molar-refractivity contribution is 5.92. The molecule has 1 aromatic carbocycles. The molecule has 1 saturated carbocycles. The van der Waals surface area contributed by atoms with Gasteiger partial charge in [-0.15, -0.1) is 0 Å². The van der Waals surface area contributed by atoms with Crippen LogP contribution in [0.2, 0.25) is 0 Å². The highest BCUT2D eigenvalue weighted by atomic mass is 14.9. The van der Waals surface area contributed by atoms with Gasteiger partial charge in [-0.2, -0.15) is 0 Å². The van der Waals surface area contributed by atoms with Crippen molar-refractivity contribution in [1.29, 1.82) is 0 Å². The molecule has 0 bridgehead atoms. The molecule has 2 unspecified atom stereocenters. The van der Waals surface area contributed by atoms with Crippen LogP contribution >= 0.6 is 0 Å². The summed E-state index contributed by atoms with van der Waals surface area (Å²) in [7, 11) is 0. The largest absolute Gasteiger partial charge is 0.399 e. The third-order valence-electron chi connectivity index (χ3n) is 4.78. The molecule has 3 rings (SSSR count). The normalized spacial score (nSPS) is 22.6. The van der Waals surface area contributed by atoms with Crippen LogP contribution in [0.3, 0.4) is 0 Å². The number of anilines is 2. The topological polar surface area (TPSA) is 50.9 Å². The van der Waals surface area contributed by atoms with Gasteiger partial charge in [-0.05, 0) is 48.9 Å². The molecular weight excluding hydrogens is 258 g/mol. The van der Waals surface area contributed by atoms with Crippen LogP contribution in [0.25, 0.3) is 10.9 Å². The van der Waals surface area contributed by atoms with Crippen molar-refractivity contribution in [1.82, 2.24) is 4.98 Å². The van der Waals surface area contributed by atoms with Gasteiger partial charge in [0.2, 0.25) is 0 Å². The van der Waals surface area contributed by atoms with Crippen molar-refractivity contribution in [2.45, 2.75) is 45.6 Å². The predicted molar refractivity (Wildman–Crippen MR) is 90.4 cm³/mol. The highest BCUT2D eigenvalue weighted by Gasteiger charge is 2.27. The van der Waals surface area contributed by atoms with Crippen LogP contribution < -0.4 is 11.1 Å². The van der Waals surface area contributed by atoms with E-state index in [1.165, 1.54) is 36.8 Å². The molecular formula is C18H25N3. The van der Waals surface area contributed by atoms with Crippen molar-refractivity contribution in [3.05, 3.63) is 30.5 Å². The molecule has 1 aliphatic carbocycles. The van der Waals surface area contributed by atoms with E-state index >= 15 is 0 Å². The van der Waals surface area contributed by atoms with Gasteiger partial charge < -0.3 is 11.1 Å². The number of fused-ring (bicyclic) bond motifs is 1. The SMILES string of the molecule is CC(C)C1CCCCC1Nc1ccnc2cc(N)ccc12. The summed E-state index contributed by atoms with van der Waals surface area (Å²) < 4.78 is 0. The molecule has 0 radical (unpaired) electrons. The number of nitrogens with two attached hydrogens (primary N) is 1. The quantitative estimate of drug-likeness (QED) is 0.819. The summed E-state index contributed by atoms with van der Waals surface area (Å²) in [5.74, 6) is 1.49. The highest BCUT2D eigenvalue weighted by Crippen LogP contribution is 2.34. The van der Waals surface area contributed by atoms with Crippen LogP contribution in [-0.4, -0.2) is 11.0 Å². The number of benzene rings is 1. The lowest BCUT2D eigenvalue weighted by molar-refractivity contribution is 0.254. The first kappa shape index (κ1) is 14.2. The molecule has 2 atom stereocenters. The lowest BCUT2D eigenvalue weighted by Crippen LogP contribution is -2.35. The maximum atomic E-state index is 5.86. The number of nitrogens with one attached hydrogen (secondary N) is 1. The van der Waals surface area contributed by atoms with Crippen molar-refractivity contribution in [3.8, 4) is 0 Å². The van der Waals surface area contributed by atoms with Gasteiger partial charge >= 0.3 is 0 Å². The van der Waals surface area contributed by atoms with E-state index in [1.54, 1.807) is 0 Å². The van der Waals surface area contributed by atoms with Crippen molar-refractivity contribution in [2.24, 2.45) is 11.8 Å². The lowest BCUT2D eigenvalue weighted by Gasteiger charge is -2.35. The standard InChI is InChI=1S/C18H25N3/c1-12(2)14-5-3-4-6-16(14)21-17-9-10-20-18-11-13(19)7-8-15(17)18/h7-12,14,16H,3-6,19H2,1-2H3,(H,20,21). The zero-order valence-corrected chi connectivity index (χ0v) is 13.0. The zero-order valence-electron chi connectivity index (χ0n) is 13.0. The first-order valence-corrected chi connectivity index (χ1v) is 8.06. The molecule has 2 aromatic rings. The average Bonchev–Trinajstić information content (AvgIpc) is 2.47. The fourth-order valence-corrected chi connectivity index (χ4v) is 3.63. The van der Waals surface area contributed by atoms with Crippen molar-refractivity contribution >= 4 is 22.3 Å². The summed E-state index contributed by atoms with van der Waals surface area (Å²) >= 11 is 0. The number of aromatic nitrogens is 1. The van der Waals surface area contributed by atoms with Gasteiger partial charge in [0, 0.05) is 29.0 Å². The van der Waals surface area contributed by atoms with Crippen LogP contribution in [0.1, 0.15) is 39.5 Å². The van der Waals surface area contributed by atoms with Crippen molar-refractivity contribution in [3.63, 3.8) is 0 Å². The van der Waals surface area contributed by atoms with Crippen LogP contribution in [0.5, 0.6) is 0 Å². The third-order valence-corrected chi connectivity index (χ3v) is 4.78. The number of nitrogens with zero attached hydrogens (tertiary/aromatic N) is 1. The Balaban J connectivity index is 1.90. The van der Waals surface area contributed by atoms with E-state index < -0.39 is 0 Å². The Morgan fingerprint density at radius 1 is 1.19 bits per heavy atom. The van der Waals surface area contributed by atoms with Crippen LogP contribution in [0, 0.1) is 11.8 Å². The molecule has 1 aromatic heterocycles. The van der Waals surface area contributed by atoms with Gasteiger partial charge in [0.05, 0.1) is 5.52 Å². The number of hydrogen-bond donors (Lipinski definition) is 2. The molecule has 0 amide bonds. The Hall–Kier alpha value is -1.77. The Morgan fingerprint density at radius 3 is 2.81 bits per heavy atom. The molecule has 0 aliphatic heterocycles. The Labute approximate surface area is 127 Å².